The highest BCUT2D eigenvalue weighted by Gasteiger charge is 2.12. The second kappa shape index (κ2) is 6.97. The zero-order valence-corrected chi connectivity index (χ0v) is 13.6. The van der Waals surface area contributed by atoms with Gasteiger partial charge in [-0.1, -0.05) is 36.4 Å². The fourth-order valence-electron chi connectivity index (χ4n) is 2.54. The van der Waals surface area contributed by atoms with E-state index < -0.39 is 11.9 Å². The molecule has 0 spiro atoms. The summed E-state index contributed by atoms with van der Waals surface area (Å²) in [5.74, 6) is -1.53. The monoisotopic (exact) mass is 332 g/mol. The Hall–Kier alpha value is -3.47. The number of nitrogens with one attached hydrogen (secondary N) is 1. The van der Waals surface area contributed by atoms with E-state index in [1.807, 2.05) is 49.4 Å². The summed E-state index contributed by atoms with van der Waals surface area (Å²) >= 11 is 0. The van der Waals surface area contributed by atoms with Crippen LogP contribution in [0.15, 0.2) is 66.9 Å². The molecule has 0 atom stereocenters. The number of carbonyl (C=O) groups is 2. The van der Waals surface area contributed by atoms with Gasteiger partial charge in [-0.15, -0.1) is 0 Å². The molecule has 0 aliphatic heterocycles. The number of aromatic carboxylic acids is 1. The molecule has 124 valence electrons. The van der Waals surface area contributed by atoms with Crippen molar-refractivity contribution < 1.29 is 14.7 Å². The number of pyridine rings is 1. The first-order valence-corrected chi connectivity index (χ1v) is 7.71. The molecule has 0 fully saturated rings. The molecule has 1 aromatic heterocycles. The molecule has 0 saturated heterocycles. The fourth-order valence-corrected chi connectivity index (χ4v) is 2.54. The maximum Gasteiger partial charge on any atom is 0.339 e. The second-order valence-electron chi connectivity index (χ2n) is 5.58. The van der Waals surface area contributed by atoms with Crippen molar-refractivity contribution in [3.8, 4) is 0 Å². The molecule has 0 aliphatic carbocycles. The summed E-state index contributed by atoms with van der Waals surface area (Å²) in [6, 6.07) is 16.8. The summed E-state index contributed by atoms with van der Waals surface area (Å²) in [5, 5.41) is 13.9. The van der Waals surface area contributed by atoms with E-state index in [2.05, 4.69) is 10.3 Å². The Bertz CT molecular complexity index is 993. The third kappa shape index (κ3) is 3.72. The van der Waals surface area contributed by atoms with Crippen molar-refractivity contribution in [2.75, 3.05) is 5.32 Å². The lowest BCUT2D eigenvalue weighted by Gasteiger charge is -2.07. The Kier molecular flexibility index (Phi) is 4.57. The van der Waals surface area contributed by atoms with Gasteiger partial charge in [-0.2, -0.15) is 0 Å². The van der Waals surface area contributed by atoms with Gasteiger partial charge in [0.05, 0.1) is 0 Å². The van der Waals surface area contributed by atoms with Gasteiger partial charge in [0.25, 0.3) is 0 Å². The average Bonchev–Trinajstić information content (AvgIpc) is 2.61. The van der Waals surface area contributed by atoms with Crippen LogP contribution in [0.3, 0.4) is 0 Å². The Balaban J connectivity index is 1.84. The first-order chi connectivity index (χ1) is 12.0. The normalized spacial score (nSPS) is 11.3. The van der Waals surface area contributed by atoms with Crippen LogP contribution in [-0.4, -0.2) is 22.0 Å². The zero-order chi connectivity index (χ0) is 17.8. The second-order valence-corrected chi connectivity index (χ2v) is 5.58. The third-order valence-corrected chi connectivity index (χ3v) is 3.83. The maximum absolute atomic E-state index is 12.2. The number of carboxylic acid groups (broad SMARTS) is 1. The number of rotatable bonds is 4. The van der Waals surface area contributed by atoms with Crippen LogP contribution in [0, 0.1) is 0 Å². The molecule has 25 heavy (non-hydrogen) atoms. The van der Waals surface area contributed by atoms with Gasteiger partial charge in [-0.25, -0.2) is 9.78 Å². The zero-order valence-electron chi connectivity index (χ0n) is 13.6. The Morgan fingerprint density at radius 3 is 2.56 bits per heavy atom. The number of aromatic nitrogens is 1. The summed E-state index contributed by atoms with van der Waals surface area (Å²) in [6.07, 6.45) is 2.87. The third-order valence-electron chi connectivity index (χ3n) is 3.83. The van der Waals surface area contributed by atoms with Crippen LogP contribution in [0.25, 0.3) is 16.3 Å². The lowest BCUT2D eigenvalue weighted by atomic mass is 10.0. The van der Waals surface area contributed by atoms with Crippen LogP contribution in [0.4, 0.5) is 5.82 Å². The van der Waals surface area contributed by atoms with Gasteiger partial charge in [-0.05, 0) is 47.0 Å². The van der Waals surface area contributed by atoms with Crippen molar-refractivity contribution >= 4 is 34.0 Å². The molecule has 1 heterocycles. The van der Waals surface area contributed by atoms with E-state index in [-0.39, 0.29) is 11.4 Å². The number of allylic oxidation sites excluding steroid dienone is 1. The number of carbonyl (C=O) groups excluding carboxylic acids is 1. The van der Waals surface area contributed by atoms with E-state index in [4.69, 9.17) is 5.11 Å². The fraction of sp³-hybridized carbons (Fsp3) is 0.0500. The van der Waals surface area contributed by atoms with E-state index in [0.29, 0.717) is 0 Å². The largest absolute Gasteiger partial charge is 0.478 e. The quantitative estimate of drug-likeness (QED) is 0.708. The summed E-state index contributed by atoms with van der Waals surface area (Å²) in [4.78, 5) is 27.3. The maximum atomic E-state index is 12.2. The molecule has 0 radical (unpaired) electrons. The van der Waals surface area contributed by atoms with Crippen molar-refractivity contribution in [1.82, 2.24) is 4.98 Å². The molecule has 1 amide bonds. The van der Waals surface area contributed by atoms with E-state index in [1.54, 1.807) is 0 Å². The summed E-state index contributed by atoms with van der Waals surface area (Å²) in [5.41, 5.74) is 1.65. The molecule has 0 aliphatic rings. The average molecular weight is 332 g/mol. The van der Waals surface area contributed by atoms with Gasteiger partial charge in [0.1, 0.15) is 11.4 Å². The number of carboxylic acids is 1. The number of fused-ring (bicyclic) bond motifs is 1. The molecule has 3 aromatic rings. The first kappa shape index (κ1) is 16.4. The Morgan fingerprint density at radius 2 is 1.80 bits per heavy atom. The van der Waals surface area contributed by atoms with E-state index >= 15 is 0 Å². The van der Waals surface area contributed by atoms with Crippen molar-refractivity contribution in [2.45, 2.75) is 6.92 Å². The van der Waals surface area contributed by atoms with Gasteiger partial charge in [-0.3, -0.25) is 4.79 Å². The molecule has 3 rings (SSSR count). The molecule has 0 saturated carbocycles. The van der Waals surface area contributed by atoms with E-state index in [0.717, 1.165) is 21.9 Å². The predicted molar refractivity (Wildman–Crippen MR) is 97.4 cm³/mol. The highest BCUT2D eigenvalue weighted by atomic mass is 16.4. The molecular formula is C20H16N2O3. The van der Waals surface area contributed by atoms with Crippen molar-refractivity contribution in [3.05, 3.63) is 78.0 Å². The van der Waals surface area contributed by atoms with Crippen LogP contribution >= 0.6 is 0 Å². The molecule has 0 unspecified atom stereocenters. The minimum atomic E-state index is -1.14. The lowest BCUT2D eigenvalue weighted by molar-refractivity contribution is -0.111. The lowest BCUT2D eigenvalue weighted by Crippen LogP contribution is -2.13. The molecule has 2 N–H and O–H groups in total. The number of anilines is 1. The van der Waals surface area contributed by atoms with Crippen LogP contribution in [0.5, 0.6) is 0 Å². The smallest absolute Gasteiger partial charge is 0.339 e. The van der Waals surface area contributed by atoms with Crippen molar-refractivity contribution in [2.24, 2.45) is 0 Å². The molecule has 2 aromatic carbocycles. The molecule has 5 heteroatoms. The van der Waals surface area contributed by atoms with E-state index in [9.17, 15) is 9.59 Å². The van der Waals surface area contributed by atoms with Gasteiger partial charge in [0, 0.05) is 12.3 Å². The van der Waals surface area contributed by atoms with Crippen LogP contribution in [-0.2, 0) is 4.79 Å². The first-order valence-electron chi connectivity index (χ1n) is 7.71. The Morgan fingerprint density at radius 1 is 1.04 bits per heavy atom. The van der Waals surface area contributed by atoms with Crippen LogP contribution in [0.2, 0.25) is 0 Å². The SMILES string of the molecule is C/C(=C/C(=O)Nc1ncccc1C(=O)O)c1ccc2ccccc2c1. The molecule has 5 nitrogen and oxygen atoms in total. The highest BCUT2D eigenvalue weighted by molar-refractivity contribution is 6.06. The summed E-state index contributed by atoms with van der Waals surface area (Å²) in [7, 11) is 0. The van der Waals surface area contributed by atoms with Gasteiger partial charge in [0.2, 0.25) is 5.91 Å². The van der Waals surface area contributed by atoms with Crippen molar-refractivity contribution in [1.29, 1.82) is 0 Å². The van der Waals surface area contributed by atoms with Gasteiger partial charge < -0.3 is 10.4 Å². The molecular weight excluding hydrogens is 316 g/mol. The number of amides is 1. The Labute approximate surface area is 144 Å². The van der Waals surface area contributed by atoms with Crippen molar-refractivity contribution in [3.63, 3.8) is 0 Å². The van der Waals surface area contributed by atoms with Gasteiger partial charge >= 0.3 is 5.97 Å². The van der Waals surface area contributed by atoms with Crippen LogP contribution < -0.4 is 5.32 Å². The summed E-state index contributed by atoms with van der Waals surface area (Å²) < 4.78 is 0. The van der Waals surface area contributed by atoms with Gasteiger partial charge in [0.15, 0.2) is 0 Å². The van der Waals surface area contributed by atoms with Crippen LogP contribution in [0.1, 0.15) is 22.8 Å². The number of hydrogen-bond donors (Lipinski definition) is 2. The minimum absolute atomic E-state index is 0.0301. The highest BCUT2D eigenvalue weighted by Crippen LogP contribution is 2.21. The standard InChI is InChI=1S/C20H16N2O3/c1-13(15-9-8-14-5-2-3-6-16(14)12-15)11-18(23)22-19-17(20(24)25)7-4-10-21-19/h2-12H,1H3,(H,24,25)(H,21,22,23)/b13-11-. The predicted octanol–water partition coefficient (Wildman–Crippen LogP) is 3.98. The number of hydrogen-bond acceptors (Lipinski definition) is 3. The molecule has 0 bridgehead atoms. The van der Waals surface area contributed by atoms with E-state index in [1.165, 1.54) is 24.4 Å². The minimum Gasteiger partial charge on any atom is -0.478 e. The topological polar surface area (TPSA) is 79.3 Å². The summed E-state index contributed by atoms with van der Waals surface area (Å²) in [6.45, 7) is 1.83. The number of benzene rings is 2. The number of nitrogens with zero attached hydrogens (tertiary/aromatic N) is 1.